The molecule has 1 aliphatic heterocycles. The molecule has 0 bridgehead atoms. The second kappa shape index (κ2) is 10.1. The highest BCUT2D eigenvalue weighted by Crippen LogP contribution is 2.29. The summed E-state index contributed by atoms with van der Waals surface area (Å²) in [7, 11) is 0. The molecule has 12 nitrogen and oxygen atoms in total. The number of carbonyl (C=O) groups excluding carboxylic acids is 2. The van der Waals surface area contributed by atoms with E-state index in [0.717, 1.165) is 18.5 Å². The Labute approximate surface area is 208 Å². The van der Waals surface area contributed by atoms with Gasteiger partial charge in [-0.15, -0.1) is 5.10 Å². The normalized spacial score (nSPS) is 14.3. The van der Waals surface area contributed by atoms with Crippen LogP contribution in [-0.2, 0) is 11.2 Å². The van der Waals surface area contributed by atoms with Gasteiger partial charge in [0.05, 0.1) is 30.1 Å². The minimum absolute atomic E-state index is 0.00607. The Morgan fingerprint density at radius 2 is 2.03 bits per heavy atom. The monoisotopic (exact) mass is 491 g/mol. The highest BCUT2D eigenvalue weighted by atomic mass is 16.6. The zero-order chi connectivity index (χ0) is 25.9. The van der Waals surface area contributed by atoms with E-state index in [1.807, 2.05) is 26.8 Å². The Hall–Kier alpha value is -4.40. The summed E-state index contributed by atoms with van der Waals surface area (Å²) in [4.78, 5) is 35.9. The summed E-state index contributed by atoms with van der Waals surface area (Å²) in [6.45, 7) is 6.84. The molecule has 3 aromatic heterocycles. The van der Waals surface area contributed by atoms with Crippen molar-refractivity contribution in [1.29, 1.82) is 5.26 Å². The van der Waals surface area contributed by atoms with Crippen LogP contribution in [0.5, 0.6) is 0 Å². The lowest BCUT2D eigenvalue weighted by atomic mass is 10.0. The molecule has 0 spiro atoms. The third kappa shape index (κ3) is 5.63. The molecule has 0 unspecified atom stereocenters. The SMILES string of the molecule is CC(C)(C)OC(=O)NC1CCN(c2ccncc2NC(=O)c2c(N)nn3cc(CC#N)cnc23)CC1. The van der Waals surface area contributed by atoms with E-state index >= 15 is 0 Å². The van der Waals surface area contributed by atoms with E-state index in [-0.39, 0.29) is 23.8 Å². The van der Waals surface area contributed by atoms with Crippen LogP contribution in [0, 0.1) is 11.3 Å². The summed E-state index contributed by atoms with van der Waals surface area (Å²) in [6, 6.07) is 3.90. The molecule has 0 aromatic carbocycles. The number of pyridine rings is 1. The lowest BCUT2D eigenvalue weighted by molar-refractivity contribution is 0.0497. The summed E-state index contributed by atoms with van der Waals surface area (Å²) in [5.74, 6) is -0.424. The Balaban J connectivity index is 1.45. The summed E-state index contributed by atoms with van der Waals surface area (Å²) in [5, 5.41) is 18.9. The maximum atomic E-state index is 13.2. The lowest BCUT2D eigenvalue weighted by Crippen LogP contribution is -2.46. The van der Waals surface area contributed by atoms with Crippen molar-refractivity contribution in [3.8, 4) is 6.07 Å². The first-order valence-electron chi connectivity index (χ1n) is 11.6. The van der Waals surface area contributed by atoms with Crippen LogP contribution >= 0.6 is 0 Å². The standard InChI is InChI=1S/C24H29N9O3/c1-24(2,3)36-23(35)29-16-6-10-32(11-7-16)18-5-9-27-13-17(18)30-22(34)19-20(26)31-33-14-15(4-8-25)12-28-21(19)33/h5,9,12-14,16H,4,6-7,10-11H2,1-3H3,(H2,26,31)(H,29,35)(H,30,34). The second-order valence-corrected chi connectivity index (χ2v) is 9.58. The number of rotatable bonds is 5. The third-order valence-electron chi connectivity index (χ3n) is 5.67. The van der Waals surface area contributed by atoms with Crippen LogP contribution < -0.4 is 21.3 Å². The molecule has 3 aromatic rings. The van der Waals surface area contributed by atoms with Gasteiger partial charge < -0.3 is 26.0 Å². The van der Waals surface area contributed by atoms with E-state index in [4.69, 9.17) is 15.7 Å². The van der Waals surface area contributed by atoms with Crippen molar-refractivity contribution in [3.05, 3.63) is 42.0 Å². The number of nitrogens with two attached hydrogens (primary N) is 1. The number of hydrogen-bond donors (Lipinski definition) is 3. The molecule has 0 atom stereocenters. The molecule has 4 N–H and O–H groups in total. The molecule has 4 heterocycles. The number of nitrogen functional groups attached to an aromatic ring is 1. The van der Waals surface area contributed by atoms with Gasteiger partial charge in [-0.3, -0.25) is 9.78 Å². The van der Waals surface area contributed by atoms with Crippen molar-refractivity contribution in [3.63, 3.8) is 0 Å². The molecule has 0 aliphatic carbocycles. The lowest BCUT2D eigenvalue weighted by Gasteiger charge is -2.35. The van der Waals surface area contributed by atoms with Crippen molar-refractivity contribution in [1.82, 2.24) is 24.9 Å². The number of piperidine rings is 1. The third-order valence-corrected chi connectivity index (χ3v) is 5.67. The number of hydrogen-bond acceptors (Lipinski definition) is 9. The highest BCUT2D eigenvalue weighted by molar-refractivity contribution is 6.12. The molecular formula is C24H29N9O3. The van der Waals surface area contributed by atoms with E-state index in [1.54, 1.807) is 18.6 Å². The van der Waals surface area contributed by atoms with Crippen molar-refractivity contribution in [2.45, 2.75) is 51.7 Å². The van der Waals surface area contributed by atoms with E-state index in [2.05, 4.69) is 36.7 Å². The Kier molecular flexibility index (Phi) is 6.91. The van der Waals surface area contributed by atoms with Crippen molar-refractivity contribution < 1.29 is 14.3 Å². The van der Waals surface area contributed by atoms with Crippen LogP contribution in [0.3, 0.4) is 0 Å². The van der Waals surface area contributed by atoms with Gasteiger partial charge in [-0.1, -0.05) is 0 Å². The topological polar surface area (TPSA) is 164 Å². The van der Waals surface area contributed by atoms with Gasteiger partial charge in [0.25, 0.3) is 5.91 Å². The van der Waals surface area contributed by atoms with E-state index < -0.39 is 17.6 Å². The first-order valence-corrected chi connectivity index (χ1v) is 11.6. The number of nitrogens with zero attached hydrogens (tertiary/aromatic N) is 6. The van der Waals surface area contributed by atoms with E-state index in [9.17, 15) is 9.59 Å². The van der Waals surface area contributed by atoms with Crippen LogP contribution in [0.2, 0.25) is 0 Å². The van der Waals surface area contributed by atoms with Gasteiger partial charge in [0.2, 0.25) is 0 Å². The minimum Gasteiger partial charge on any atom is -0.444 e. The smallest absolute Gasteiger partial charge is 0.407 e. The molecule has 2 amide bonds. The number of alkyl carbamates (subject to hydrolysis) is 1. The molecule has 1 saturated heterocycles. The quantitative estimate of drug-likeness (QED) is 0.486. The van der Waals surface area contributed by atoms with Crippen molar-refractivity contribution in [2.24, 2.45) is 0 Å². The van der Waals surface area contributed by atoms with Gasteiger partial charge in [-0.25, -0.2) is 14.3 Å². The van der Waals surface area contributed by atoms with Crippen LogP contribution in [0.25, 0.3) is 5.65 Å². The van der Waals surface area contributed by atoms with Crippen LogP contribution in [0.15, 0.2) is 30.9 Å². The predicted octanol–water partition coefficient (Wildman–Crippen LogP) is 2.52. The van der Waals surface area contributed by atoms with Crippen molar-refractivity contribution >= 4 is 34.8 Å². The highest BCUT2D eigenvalue weighted by Gasteiger charge is 2.26. The minimum atomic E-state index is -0.548. The maximum Gasteiger partial charge on any atom is 0.407 e. The maximum absolute atomic E-state index is 13.2. The van der Waals surface area contributed by atoms with Gasteiger partial charge in [0.15, 0.2) is 11.5 Å². The molecule has 0 saturated carbocycles. The number of fused-ring (bicyclic) bond motifs is 1. The zero-order valence-electron chi connectivity index (χ0n) is 20.5. The molecular weight excluding hydrogens is 462 g/mol. The average molecular weight is 492 g/mol. The number of ether oxygens (including phenoxy) is 1. The molecule has 0 radical (unpaired) electrons. The first-order chi connectivity index (χ1) is 17.1. The number of carbonyl (C=O) groups is 2. The van der Waals surface area contributed by atoms with E-state index in [0.29, 0.717) is 30.0 Å². The summed E-state index contributed by atoms with van der Waals surface area (Å²) >= 11 is 0. The summed E-state index contributed by atoms with van der Waals surface area (Å²) in [6.07, 6.45) is 7.61. The number of nitrogens with one attached hydrogen (secondary N) is 2. The number of amides is 2. The first kappa shape index (κ1) is 24.7. The van der Waals surface area contributed by atoms with Gasteiger partial charge in [-0.2, -0.15) is 5.26 Å². The van der Waals surface area contributed by atoms with Crippen LogP contribution in [0.4, 0.5) is 22.0 Å². The molecule has 4 rings (SSSR count). The number of anilines is 3. The van der Waals surface area contributed by atoms with Crippen LogP contribution in [-0.4, -0.2) is 56.3 Å². The van der Waals surface area contributed by atoms with Gasteiger partial charge in [0.1, 0.15) is 11.2 Å². The summed E-state index contributed by atoms with van der Waals surface area (Å²) < 4.78 is 6.76. The van der Waals surface area contributed by atoms with Gasteiger partial charge >= 0.3 is 6.09 Å². The summed E-state index contributed by atoms with van der Waals surface area (Å²) in [5.41, 5.74) is 7.94. The molecule has 12 heteroatoms. The van der Waals surface area contributed by atoms with E-state index in [1.165, 1.54) is 10.7 Å². The number of nitriles is 1. The molecule has 188 valence electrons. The van der Waals surface area contributed by atoms with Gasteiger partial charge in [0, 0.05) is 43.3 Å². The molecule has 1 fully saturated rings. The van der Waals surface area contributed by atoms with Crippen molar-refractivity contribution in [2.75, 3.05) is 29.0 Å². The van der Waals surface area contributed by atoms with Crippen LogP contribution in [0.1, 0.15) is 49.5 Å². The molecule has 36 heavy (non-hydrogen) atoms. The second-order valence-electron chi connectivity index (χ2n) is 9.58. The largest absolute Gasteiger partial charge is 0.444 e. The molecule has 1 aliphatic rings. The zero-order valence-corrected chi connectivity index (χ0v) is 20.5. The Morgan fingerprint density at radius 3 is 2.72 bits per heavy atom. The number of aromatic nitrogens is 4. The predicted molar refractivity (Wildman–Crippen MR) is 134 cm³/mol. The average Bonchev–Trinajstić information content (AvgIpc) is 3.14. The Morgan fingerprint density at radius 1 is 1.28 bits per heavy atom. The van der Waals surface area contributed by atoms with Gasteiger partial charge in [-0.05, 0) is 39.7 Å². The fourth-order valence-electron chi connectivity index (χ4n) is 4.07. The fraction of sp³-hybridized carbons (Fsp3) is 0.417. The Bertz CT molecular complexity index is 1310. The fourth-order valence-corrected chi connectivity index (χ4v) is 4.07.